The average Bonchev–Trinajstić information content (AvgIpc) is 3.10. The van der Waals surface area contributed by atoms with Gasteiger partial charge in [0.1, 0.15) is 0 Å². The molecule has 20 heavy (non-hydrogen) atoms. The highest BCUT2D eigenvalue weighted by Gasteiger charge is 2.25. The van der Waals surface area contributed by atoms with Gasteiger partial charge in [0.2, 0.25) is 5.89 Å². The first-order chi connectivity index (χ1) is 9.85. The predicted octanol–water partition coefficient (Wildman–Crippen LogP) is 1.74. The lowest BCUT2D eigenvalue weighted by Crippen LogP contribution is -2.31. The van der Waals surface area contributed by atoms with Gasteiger partial charge in [-0.1, -0.05) is 35.5 Å². The molecule has 2 aromatic rings. The van der Waals surface area contributed by atoms with Crippen LogP contribution in [0.4, 0.5) is 0 Å². The van der Waals surface area contributed by atoms with Crippen LogP contribution >= 0.6 is 0 Å². The zero-order valence-corrected chi connectivity index (χ0v) is 11.5. The van der Waals surface area contributed by atoms with Crippen LogP contribution in [0, 0.1) is 0 Å². The predicted molar refractivity (Wildman–Crippen MR) is 75.8 cm³/mol. The van der Waals surface area contributed by atoms with Crippen LogP contribution in [0.5, 0.6) is 0 Å². The van der Waals surface area contributed by atoms with E-state index < -0.39 is 0 Å². The van der Waals surface area contributed by atoms with Crippen molar-refractivity contribution in [2.45, 2.75) is 38.4 Å². The fourth-order valence-electron chi connectivity index (χ4n) is 2.84. The van der Waals surface area contributed by atoms with Crippen molar-refractivity contribution < 1.29 is 4.52 Å². The van der Waals surface area contributed by atoms with Gasteiger partial charge in [-0.05, 0) is 31.4 Å². The van der Waals surface area contributed by atoms with Gasteiger partial charge in [-0.25, -0.2) is 0 Å². The molecule has 0 bridgehead atoms. The first-order valence-corrected chi connectivity index (χ1v) is 7.14. The molecule has 2 N–H and O–H groups in total. The van der Waals surface area contributed by atoms with E-state index in [0.29, 0.717) is 18.5 Å². The summed E-state index contributed by atoms with van der Waals surface area (Å²) in [5.74, 6) is 1.25. The van der Waals surface area contributed by atoms with Crippen LogP contribution in [0.3, 0.4) is 0 Å². The van der Waals surface area contributed by atoms with Crippen molar-refractivity contribution in [2.24, 2.45) is 5.73 Å². The van der Waals surface area contributed by atoms with E-state index in [1.165, 1.54) is 18.4 Å². The van der Waals surface area contributed by atoms with Gasteiger partial charge in [-0.15, -0.1) is 0 Å². The molecule has 0 spiro atoms. The van der Waals surface area contributed by atoms with Crippen LogP contribution in [-0.2, 0) is 19.5 Å². The van der Waals surface area contributed by atoms with Crippen molar-refractivity contribution in [1.82, 2.24) is 15.0 Å². The van der Waals surface area contributed by atoms with E-state index in [2.05, 4.69) is 45.4 Å². The Morgan fingerprint density at radius 2 is 2.15 bits per heavy atom. The summed E-state index contributed by atoms with van der Waals surface area (Å²) in [6.07, 6.45) is 3.55. The third kappa shape index (κ3) is 3.05. The Morgan fingerprint density at radius 3 is 2.90 bits per heavy atom. The van der Waals surface area contributed by atoms with Crippen LogP contribution in [0.1, 0.15) is 30.1 Å². The fourth-order valence-corrected chi connectivity index (χ4v) is 2.84. The van der Waals surface area contributed by atoms with Crippen molar-refractivity contribution in [2.75, 3.05) is 6.54 Å². The molecule has 3 rings (SSSR count). The van der Waals surface area contributed by atoms with Gasteiger partial charge in [-0.3, -0.25) is 4.90 Å². The molecule has 2 heterocycles. The lowest BCUT2D eigenvalue weighted by molar-refractivity contribution is 0.234. The number of likely N-dealkylation sites (tertiary alicyclic amines) is 1. The average molecular weight is 272 g/mol. The van der Waals surface area contributed by atoms with Crippen molar-refractivity contribution in [3.63, 3.8) is 0 Å². The summed E-state index contributed by atoms with van der Waals surface area (Å²) in [4.78, 5) is 6.73. The number of hydrogen-bond donors (Lipinski definition) is 1. The monoisotopic (exact) mass is 272 g/mol. The Balaban J connectivity index is 1.63. The largest absolute Gasteiger partial charge is 0.338 e. The van der Waals surface area contributed by atoms with E-state index in [0.717, 1.165) is 25.3 Å². The Hall–Kier alpha value is -1.72. The normalized spacial score (nSPS) is 19.6. The summed E-state index contributed by atoms with van der Waals surface area (Å²) >= 11 is 0. The Labute approximate surface area is 118 Å². The molecule has 0 amide bonds. The molecule has 0 radical (unpaired) electrons. The minimum absolute atomic E-state index is 0.306. The standard InChI is InChI=1S/C15H20N4O/c16-10-15-17-14(18-20-15)11-19-8-4-7-13(19)9-12-5-2-1-3-6-12/h1-3,5-6,13H,4,7-11,16H2. The zero-order valence-electron chi connectivity index (χ0n) is 11.5. The van der Waals surface area contributed by atoms with Gasteiger partial charge in [0.25, 0.3) is 0 Å². The van der Waals surface area contributed by atoms with Crippen LogP contribution in [-0.4, -0.2) is 27.6 Å². The van der Waals surface area contributed by atoms with Crippen LogP contribution in [0.2, 0.25) is 0 Å². The molecular formula is C15H20N4O. The van der Waals surface area contributed by atoms with Gasteiger partial charge in [0, 0.05) is 6.04 Å². The molecule has 1 aromatic carbocycles. The first kappa shape index (κ1) is 13.3. The second-order valence-electron chi connectivity index (χ2n) is 5.26. The zero-order chi connectivity index (χ0) is 13.8. The number of nitrogens with two attached hydrogens (primary N) is 1. The molecule has 1 atom stereocenters. The Morgan fingerprint density at radius 1 is 1.30 bits per heavy atom. The van der Waals surface area contributed by atoms with Crippen molar-refractivity contribution in [3.8, 4) is 0 Å². The van der Waals surface area contributed by atoms with E-state index in [1.54, 1.807) is 0 Å². The summed E-state index contributed by atoms with van der Waals surface area (Å²) < 4.78 is 5.06. The molecule has 1 aliphatic rings. The second-order valence-corrected chi connectivity index (χ2v) is 5.26. The lowest BCUT2D eigenvalue weighted by Gasteiger charge is -2.22. The van der Waals surface area contributed by atoms with E-state index in [-0.39, 0.29) is 0 Å². The Bertz CT molecular complexity index is 540. The lowest BCUT2D eigenvalue weighted by atomic mass is 10.0. The van der Waals surface area contributed by atoms with Gasteiger partial charge in [-0.2, -0.15) is 4.98 Å². The summed E-state index contributed by atoms with van der Waals surface area (Å²) in [7, 11) is 0. The molecule has 1 aromatic heterocycles. The highest BCUT2D eigenvalue weighted by molar-refractivity contribution is 5.16. The molecule has 106 valence electrons. The molecule has 1 fully saturated rings. The van der Waals surface area contributed by atoms with E-state index >= 15 is 0 Å². The van der Waals surface area contributed by atoms with Gasteiger partial charge in [0.05, 0.1) is 13.1 Å². The summed E-state index contributed by atoms with van der Waals surface area (Å²) in [5, 5.41) is 3.98. The van der Waals surface area contributed by atoms with Crippen LogP contribution in [0.15, 0.2) is 34.9 Å². The van der Waals surface area contributed by atoms with Gasteiger partial charge < -0.3 is 10.3 Å². The summed E-state index contributed by atoms with van der Waals surface area (Å²) in [6.45, 7) is 2.16. The number of rotatable bonds is 5. The van der Waals surface area contributed by atoms with Crippen LogP contribution in [0.25, 0.3) is 0 Å². The SMILES string of the molecule is NCc1nc(CN2CCCC2Cc2ccccc2)no1. The van der Waals surface area contributed by atoms with Crippen LogP contribution < -0.4 is 5.73 Å². The smallest absolute Gasteiger partial charge is 0.240 e. The molecule has 5 heteroatoms. The quantitative estimate of drug-likeness (QED) is 0.898. The van der Waals surface area contributed by atoms with Crippen molar-refractivity contribution >= 4 is 0 Å². The minimum Gasteiger partial charge on any atom is -0.338 e. The van der Waals surface area contributed by atoms with Gasteiger partial charge in [0.15, 0.2) is 5.82 Å². The first-order valence-electron chi connectivity index (χ1n) is 7.14. The number of hydrogen-bond acceptors (Lipinski definition) is 5. The van der Waals surface area contributed by atoms with Crippen molar-refractivity contribution in [1.29, 1.82) is 0 Å². The maximum Gasteiger partial charge on any atom is 0.240 e. The van der Waals surface area contributed by atoms with E-state index in [1.807, 2.05) is 0 Å². The third-order valence-corrected chi connectivity index (χ3v) is 3.84. The Kier molecular flexibility index (Phi) is 4.08. The summed E-state index contributed by atoms with van der Waals surface area (Å²) in [6, 6.07) is 11.2. The highest BCUT2D eigenvalue weighted by Crippen LogP contribution is 2.22. The van der Waals surface area contributed by atoms with Gasteiger partial charge >= 0.3 is 0 Å². The number of aromatic nitrogens is 2. The number of benzene rings is 1. The van der Waals surface area contributed by atoms with Crippen molar-refractivity contribution in [3.05, 3.63) is 47.6 Å². The maximum absolute atomic E-state index is 5.49. The van der Waals surface area contributed by atoms with E-state index in [4.69, 9.17) is 10.3 Å². The summed E-state index contributed by atoms with van der Waals surface area (Å²) in [5.41, 5.74) is 6.88. The molecule has 1 saturated heterocycles. The molecule has 0 aliphatic carbocycles. The fraction of sp³-hybridized carbons (Fsp3) is 0.467. The molecular weight excluding hydrogens is 252 g/mol. The molecule has 5 nitrogen and oxygen atoms in total. The molecule has 0 saturated carbocycles. The second kappa shape index (κ2) is 6.15. The highest BCUT2D eigenvalue weighted by atomic mass is 16.5. The topological polar surface area (TPSA) is 68.2 Å². The molecule has 1 unspecified atom stereocenters. The van der Waals surface area contributed by atoms with E-state index in [9.17, 15) is 0 Å². The third-order valence-electron chi connectivity index (χ3n) is 3.84. The minimum atomic E-state index is 0.306. The number of nitrogens with zero attached hydrogens (tertiary/aromatic N) is 3. The molecule has 1 aliphatic heterocycles. The maximum atomic E-state index is 5.49.